The van der Waals surface area contributed by atoms with E-state index < -0.39 is 5.97 Å². The summed E-state index contributed by atoms with van der Waals surface area (Å²) in [6, 6.07) is 4.80. The van der Waals surface area contributed by atoms with Gasteiger partial charge in [0.25, 0.3) is 0 Å². The summed E-state index contributed by atoms with van der Waals surface area (Å²) >= 11 is 0. The summed E-state index contributed by atoms with van der Waals surface area (Å²) in [6.45, 7) is 8.81. The lowest BCUT2D eigenvalue weighted by Crippen LogP contribution is -1.95. The number of rotatable bonds is 2. The van der Waals surface area contributed by atoms with Crippen LogP contribution in [0.1, 0.15) is 49.9 Å². The molecule has 1 N–H and O–H groups in total. The summed E-state index contributed by atoms with van der Waals surface area (Å²) in [4.78, 5) is 15.4. The van der Waals surface area contributed by atoms with Crippen LogP contribution >= 0.6 is 0 Å². The Morgan fingerprint density at radius 1 is 1.26 bits per heavy atom. The minimum absolute atomic E-state index is 0.156. The predicted octanol–water partition coefficient (Wildman–Crippen LogP) is 3.68. The van der Waals surface area contributed by atoms with Crippen LogP contribution in [0.2, 0.25) is 0 Å². The molecule has 1 heterocycles. The summed E-state index contributed by atoms with van der Waals surface area (Å²) in [5.41, 5.74) is 1.81. The maximum atomic E-state index is 10.9. The lowest BCUT2D eigenvalue weighted by Gasteiger charge is -2.03. The van der Waals surface area contributed by atoms with E-state index in [-0.39, 0.29) is 22.3 Å². The molecule has 2 aromatic rings. The van der Waals surface area contributed by atoms with Crippen molar-refractivity contribution in [2.24, 2.45) is 10.8 Å². The first kappa shape index (κ1) is 12.2. The number of oxazole rings is 1. The zero-order valence-electron chi connectivity index (χ0n) is 11.5. The topological polar surface area (TPSA) is 63.3 Å². The predicted molar refractivity (Wildman–Crippen MR) is 71.3 cm³/mol. The van der Waals surface area contributed by atoms with E-state index in [2.05, 4.69) is 32.7 Å². The molecule has 4 nitrogen and oxygen atoms in total. The molecule has 19 heavy (non-hydrogen) atoms. The van der Waals surface area contributed by atoms with Crippen LogP contribution in [-0.4, -0.2) is 16.1 Å². The third-order valence-electron chi connectivity index (χ3n) is 4.92. The molecule has 0 bridgehead atoms. The highest BCUT2D eigenvalue weighted by molar-refractivity contribution is 5.91. The first-order valence-corrected chi connectivity index (χ1v) is 6.39. The van der Waals surface area contributed by atoms with Crippen LogP contribution in [0.5, 0.6) is 0 Å². The van der Waals surface area contributed by atoms with Gasteiger partial charge in [0, 0.05) is 5.92 Å². The fraction of sp³-hybridized carbons (Fsp3) is 0.467. The average molecular weight is 259 g/mol. The number of hydrogen-bond donors (Lipinski definition) is 1. The molecule has 1 aliphatic rings. The van der Waals surface area contributed by atoms with Gasteiger partial charge in [-0.15, -0.1) is 0 Å². The van der Waals surface area contributed by atoms with Crippen LogP contribution in [0.3, 0.4) is 0 Å². The van der Waals surface area contributed by atoms with Gasteiger partial charge in [0.2, 0.25) is 0 Å². The third-order valence-corrected chi connectivity index (χ3v) is 4.92. The molecule has 0 radical (unpaired) electrons. The first-order chi connectivity index (χ1) is 8.75. The van der Waals surface area contributed by atoms with Crippen LogP contribution in [0, 0.1) is 10.8 Å². The number of fused-ring (bicyclic) bond motifs is 1. The zero-order chi connectivity index (χ0) is 14.0. The molecule has 1 fully saturated rings. The second-order valence-corrected chi connectivity index (χ2v) is 6.42. The molecule has 0 amide bonds. The van der Waals surface area contributed by atoms with Crippen LogP contribution in [-0.2, 0) is 0 Å². The summed E-state index contributed by atoms with van der Waals surface area (Å²) in [6.07, 6.45) is 0. The van der Waals surface area contributed by atoms with Gasteiger partial charge in [-0.25, -0.2) is 9.78 Å². The first-order valence-electron chi connectivity index (χ1n) is 6.39. The van der Waals surface area contributed by atoms with Gasteiger partial charge in [-0.2, -0.15) is 0 Å². The smallest absolute Gasteiger partial charge is 0.335 e. The summed E-state index contributed by atoms with van der Waals surface area (Å²) in [7, 11) is 0. The molecule has 1 aromatic heterocycles. The summed E-state index contributed by atoms with van der Waals surface area (Å²) < 4.78 is 5.78. The Morgan fingerprint density at radius 3 is 2.42 bits per heavy atom. The Kier molecular flexibility index (Phi) is 2.17. The fourth-order valence-electron chi connectivity index (χ4n) is 3.01. The van der Waals surface area contributed by atoms with Crippen molar-refractivity contribution in [2.45, 2.75) is 33.6 Å². The largest absolute Gasteiger partial charge is 0.478 e. The third kappa shape index (κ3) is 1.52. The van der Waals surface area contributed by atoms with Crippen molar-refractivity contribution in [3.63, 3.8) is 0 Å². The maximum absolute atomic E-state index is 10.9. The minimum atomic E-state index is -0.952. The van der Waals surface area contributed by atoms with Gasteiger partial charge >= 0.3 is 5.97 Å². The van der Waals surface area contributed by atoms with E-state index in [1.165, 1.54) is 6.07 Å². The quantitative estimate of drug-likeness (QED) is 0.893. The highest BCUT2D eigenvalue weighted by atomic mass is 16.4. The second kappa shape index (κ2) is 3.38. The Balaban J connectivity index is 2.07. The monoisotopic (exact) mass is 259 g/mol. The van der Waals surface area contributed by atoms with Crippen molar-refractivity contribution in [3.05, 3.63) is 29.7 Å². The number of benzene rings is 1. The van der Waals surface area contributed by atoms with E-state index >= 15 is 0 Å². The Morgan fingerprint density at radius 2 is 1.89 bits per heavy atom. The van der Waals surface area contributed by atoms with Crippen molar-refractivity contribution in [1.29, 1.82) is 0 Å². The second-order valence-electron chi connectivity index (χ2n) is 6.42. The minimum Gasteiger partial charge on any atom is -0.478 e. The van der Waals surface area contributed by atoms with Gasteiger partial charge in [0.05, 0.1) is 5.56 Å². The molecule has 0 atom stereocenters. The van der Waals surface area contributed by atoms with Gasteiger partial charge in [0.15, 0.2) is 11.5 Å². The van der Waals surface area contributed by atoms with Crippen molar-refractivity contribution in [3.8, 4) is 0 Å². The molecule has 4 heteroatoms. The number of nitrogens with zero attached hydrogens (tertiary/aromatic N) is 1. The zero-order valence-corrected chi connectivity index (χ0v) is 11.5. The molecular formula is C15H17NO3. The maximum Gasteiger partial charge on any atom is 0.335 e. The van der Waals surface area contributed by atoms with Crippen LogP contribution in [0.15, 0.2) is 22.6 Å². The number of carboxylic acid groups (broad SMARTS) is 1. The molecule has 3 rings (SSSR count). The van der Waals surface area contributed by atoms with E-state index in [9.17, 15) is 4.79 Å². The molecule has 0 unspecified atom stereocenters. The number of hydrogen-bond acceptors (Lipinski definition) is 3. The number of carbonyl (C=O) groups is 1. The Labute approximate surface area is 111 Å². The normalized spacial score (nSPS) is 20.6. The van der Waals surface area contributed by atoms with Gasteiger partial charge in [0.1, 0.15) is 5.52 Å². The molecule has 100 valence electrons. The van der Waals surface area contributed by atoms with Gasteiger partial charge in [-0.05, 0) is 29.0 Å². The molecule has 0 spiro atoms. The van der Waals surface area contributed by atoms with Gasteiger partial charge < -0.3 is 9.52 Å². The van der Waals surface area contributed by atoms with Crippen molar-refractivity contribution in [2.75, 3.05) is 0 Å². The number of aromatic carboxylic acids is 1. The van der Waals surface area contributed by atoms with Crippen LogP contribution in [0.25, 0.3) is 11.1 Å². The van der Waals surface area contributed by atoms with Crippen molar-refractivity contribution < 1.29 is 14.3 Å². The molecule has 1 saturated carbocycles. The standard InChI is InChI=1S/C15H17NO3/c1-14(2)11(15(14,3)4)12-16-9-6-5-8(13(17)18)7-10(9)19-12/h5-7,11H,1-4H3,(H,17,18). The molecule has 1 aromatic carbocycles. The lowest BCUT2D eigenvalue weighted by atomic mass is 10.0. The van der Waals surface area contributed by atoms with E-state index in [1.807, 2.05) is 0 Å². The molecule has 0 saturated heterocycles. The van der Waals surface area contributed by atoms with Gasteiger partial charge in [-0.1, -0.05) is 27.7 Å². The Bertz CT molecular complexity index is 668. The lowest BCUT2D eigenvalue weighted by molar-refractivity contribution is 0.0697. The van der Waals surface area contributed by atoms with E-state index in [1.54, 1.807) is 12.1 Å². The summed E-state index contributed by atoms with van der Waals surface area (Å²) in [5.74, 6) is 0.0418. The van der Waals surface area contributed by atoms with E-state index in [0.717, 1.165) is 5.52 Å². The highest BCUT2D eigenvalue weighted by Crippen LogP contribution is 2.73. The molecule has 0 aliphatic heterocycles. The SMILES string of the molecule is CC1(C)C(c2nc3ccc(C(=O)O)cc3o2)C1(C)C. The highest BCUT2D eigenvalue weighted by Gasteiger charge is 2.67. The van der Waals surface area contributed by atoms with Gasteiger partial charge in [-0.3, -0.25) is 0 Å². The average Bonchev–Trinajstić information content (AvgIpc) is 2.62. The summed E-state index contributed by atoms with van der Waals surface area (Å²) in [5, 5.41) is 8.98. The van der Waals surface area contributed by atoms with E-state index in [4.69, 9.17) is 9.52 Å². The Hall–Kier alpha value is -1.84. The van der Waals surface area contributed by atoms with Crippen molar-refractivity contribution >= 4 is 17.1 Å². The number of aromatic nitrogens is 1. The van der Waals surface area contributed by atoms with Crippen molar-refractivity contribution in [1.82, 2.24) is 4.98 Å². The molecule has 1 aliphatic carbocycles. The van der Waals surface area contributed by atoms with Crippen LogP contribution < -0.4 is 0 Å². The number of carboxylic acids is 1. The fourth-order valence-corrected chi connectivity index (χ4v) is 3.01. The van der Waals surface area contributed by atoms with Crippen LogP contribution in [0.4, 0.5) is 0 Å². The molecular weight excluding hydrogens is 242 g/mol. The van der Waals surface area contributed by atoms with E-state index in [0.29, 0.717) is 11.5 Å².